The highest BCUT2D eigenvalue weighted by Crippen LogP contribution is 2.16. The molecule has 0 aliphatic carbocycles. The van der Waals surface area contributed by atoms with E-state index in [0.29, 0.717) is 16.3 Å². The van der Waals surface area contributed by atoms with Gasteiger partial charge >= 0.3 is 0 Å². The zero-order valence-corrected chi connectivity index (χ0v) is 15.4. The molecule has 2 amide bonds. The van der Waals surface area contributed by atoms with Gasteiger partial charge in [-0.05, 0) is 48.5 Å². The first-order valence-electron chi connectivity index (χ1n) is 8.42. The predicted octanol–water partition coefficient (Wildman–Crippen LogP) is 4.89. The summed E-state index contributed by atoms with van der Waals surface area (Å²) in [6.07, 6.45) is 1.29. The van der Waals surface area contributed by atoms with E-state index >= 15 is 0 Å². The van der Waals surface area contributed by atoms with E-state index < -0.39 is 17.6 Å². The van der Waals surface area contributed by atoms with Crippen molar-refractivity contribution in [1.82, 2.24) is 5.32 Å². The Hall–Kier alpha value is -3.44. The van der Waals surface area contributed by atoms with Gasteiger partial charge in [0.15, 0.2) is 0 Å². The molecule has 140 valence electrons. The second-order valence-electron chi connectivity index (χ2n) is 5.86. The number of carbonyl (C=O) groups excluding carboxylic acids is 2. The summed E-state index contributed by atoms with van der Waals surface area (Å²) in [7, 11) is 0. The van der Waals surface area contributed by atoms with Crippen molar-refractivity contribution in [3.8, 4) is 0 Å². The summed E-state index contributed by atoms with van der Waals surface area (Å²) in [6, 6.07) is 20.9. The molecule has 4 nitrogen and oxygen atoms in total. The number of halogens is 2. The van der Waals surface area contributed by atoms with Crippen LogP contribution in [0.15, 0.2) is 84.6 Å². The summed E-state index contributed by atoms with van der Waals surface area (Å²) >= 11 is 5.85. The first-order chi connectivity index (χ1) is 13.5. The number of hydrogen-bond acceptors (Lipinski definition) is 2. The Kier molecular flexibility index (Phi) is 6.19. The number of benzene rings is 3. The summed E-state index contributed by atoms with van der Waals surface area (Å²) in [5.41, 5.74) is 0.954. The van der Waals surface area contributed by atoms with E-state index in [1.165, 1.54) is 18.2 Å². The van der Waals surface area contributed by atoms with Crippen LogP contribution in [-0.2, 0) is 4.79 Å². The van der Waals surface area contributed by atoms with Crippen molar-refractivity contribution in [3.63, 3.8) is 0 Å². The minimum Gasteiger partial charge on any atom is -0.321 e. The average molecular weight is 395 g/mol. The molecule has 0 bridgehead atoms. The van der Waals surface area contributed by atoms with Gasteiger partial charge in [-0.1, -0.05) is 48.0 Å². The molecule has 0 atom stereocenters. The van der Waals surface area contributed by atoms with E-state index in [1.54, 1.807) is 66.7 Å². The molecule has 2 N–H and O–H groups in total. The van der Waals surface area contributed by atoms with E-state index in [0.717, 1.165) is 0 Å². The molecule has 28 heavy (non-hydrogen) atoms. The minimum atomic E-state index is -0.588. The summed E-state index contributed by atoms with van der Waals surface area (Å²) in [6.45, 7) is 0. The summed E-state index contributed by atoms with van der Waals surface area (Å²) in [5, 5.41) is 5.75. The largest absolute Gasteiger partial charge is 0.321 e. The third-order valence-corrected chi connectivity index (χ3v) is 4.09. The van der Waals surface area contributed by atoms with Crippen LogP contribution in [-0.4, -0.2) is 11.8 Å². The summed E-state index contributed by atoms with van der Waals surface area (Å²) in [5.74, 6) is -1.57. The number of hydrogen-bond donors (Lipinski definition) is 2. The fourth-order valence-electron chi connectivity index (χ4n) is 2.42. The van der Waals surface area contributed by atoms with Gasteiger partial charge in [0.25, 0.3) is 11.8 Å². The molecular formula is C22H16ClFN2O2. The fraction of sp³-hybridized carbons (Fsp3) is 0. The van der Waals surface area contributed by atoms with Crippen LogP contribution in [0.4, 0.5) is 10.1 Å². The lowest BCUT2D eigenvalue weighted by atomic mass is 10.1. The van der Waals surface area contributed by atoms with Crippen LogP contribution in [0.3, 0.4) is 0 Å². The van der Waals surface area contributed by atoms with E-state index in [-0.39, 0.29) is 11.3 Å². The summed E-state index contributed by atoms with van der Waals surface area (Å²) in [4.78, 5) is 25.2. The van der Waals surface area contributed by atoms with E-state index in [4.69, 9.17) is 11.6 Å². The Morgan fingerprint density at radius 1 is 0.857 bits per heavy atom. The molecule has 0 unspecified atom stereocenters. The molecule has 3 aromatic carbocycles. The zero-order valence-electron chi connectivity index (χ0n) is 14.7. The molecular weight excluding hydrogens is 379 g/mol. The number of anilines is 1. The Morgan fingerprint density at radius 2 is 1.50 bits per heavy atom. The molecule has 0 aliphatic heterocycles. The van der Waals surface area contributed by atoms with Gasteiger partial charge in [-0.15, -0.1) is 0 Å². The van der Waals surface area contributed by atoms with Crippen LogP contribution in [0, 0.1) is 5.82 Å². The fourth-order valence-corrected chi connectivity index (χ4v) is 2.55. The molecule has 0 saturated heterocycles. The molecule has 0 heterocycles. The van der Waals surface area contributed by atoms with Gasteiger partial charge in [0.1, 0.15) is 11.5 Å². The van der Waals surface area contributed by atoms with Gasteiger partial charge in [-0.25, -0.2) is 4.39 Å². The van der Waals surface area contributed by atoms with Crippen molar-refractivity contribution in [2.45, 2.75) is 0 Å². The molecule has 6 heteroatoms. The number of carbonyl (C=O) groups is 2. The Bertz CT molecular complexity index is 1020. The van der Waals surface area contributed by atoms with Crippen molar-refractivity contribution in [1.29, 1.82) is 0 Å². The maximum Gasteiger partial charge on any atom is 0.272 e. The standard InChI is InChI=1S/C22H16ClFN2O2/c23-17-10-12-18(13-11-17)25-22(28)20(14-16-8-4-5-9-19(16)24)26-21(27)15-6-2-1-3-7-15/h1-14H,(H,25,28)(H,26,27)/b20-14-. The molecule has 0 aromatic heterocycles. The Morgan fingerprint density at radius 3 is 2.18 bits per heavy atom. The van der Waals surface area contributed by atoms with E-state index in [9.17, 15) is 14.0 Å². The van der Waals surface area contributed by atoms with Crippen LogP contribution >= 0.6 is 11.6 Å². The van der Waals surface area contributed by atoms with Crippen molar-refractivity contribution < 1.29 is 14.0 Å². The third kappa shape index (κ3) is 5.05. The van der Waals surface area contributed by atoms with Crippen molar-refractivity contribution in [2.75, 3.05) is 5.32 Å². The number of rotatable bonds is 5. The van der Waals surface area contributed by atoms with E-state index in [1.807, 2.05) is 0 Å². The lowest BCUT2D eigenvalue weighted by molar-refractivity contribution is -0.113. The van der Waals surface area contributed by atoms with Crippen LogP contribution in [0.1, 0.15) is 15.9 Å². The molecule has 0 fully saturated rings. The third-order valence-electron chi connectivity index (χ3n) is 3.84. The van der Waals surface area contributed by atoms with Gasteiger partial charge in [0.05, 0.1) is 0 Å². The molecule has 0 radical (unpaired) electrons. The monoisotopic (exact) mass is 394 g/mol. The lowest BCUT2D eigenvalue weighted by Crippen LogP contribution is -2.30. The van der Waals surface area contributed by atoms with Crippen LogP contribution in [0.2, 0.25) is 5.02 Å². The molecule has 0 saturated carbocycles. The molecule has 0 spiro atoms. The minimum absolute atomic E-state index is 0.0890. The van der Waals surface area contributed by atoms with Crippen LogP contribution in [0.25, 0.3) is 6.08 Å². The SMILES string of the molecule is O=C(Nc1ccc(Cl)cc1)/C(=C/c1ccccc1F)NC(=O)c1ccccc1. The average Bonchev–Trinajstić information content (AvgIpc) is 2.71. The molecule has 3 aromatic rings. The second kappa shape index (κ2) is 8.97. The Balaban J connectivity index is 1.89. The first kappa shape index (κ1) is 19.3. The smallest absolute Gasteiger partial charge is 0.272 e. The highest BCUT2D eigenvalue weighted by Gasteiger charge is 2.15. The van der Waals surface area contributed by atoms with Crippen molar-refractivity contribution in [3.05, 3.63) is 107 Å². The van der Waals surface area contributed by atoms with Gasteiger partial charge in [-0.3, -0.25) is 9.59 Å². The number of amides is 2. The highest BCUT2D eigenvalue weighted by atomic mass is 35.5. The predicted molar refractivity (Wildman–Crippen MR) is 108 cm³/mol. The van der Waals surface area contributed by atoms with Gasteiger partial charge in [0.2, 0.25) is 0 Å². The van der Waals surface area contributed by atoms with Crippen LogP contribution < -0.4 is 10.6 Å². The molecule has 3 rings (SSSR count). The van der Waals surface area contributed by atoms with Gasteiger partial charge in [-0.2, -0.15) is 0 Å². The Labute approximate surface area is 166 Å². The maximum absolute atomic E-state index is 14.0. The molecule has 0 aliphatic rings. The maximum atomic E-state index is 14.0. The quantitative estimate of drug-likeness (QED) is 0.605. The van der Waals surface area contributed by atoms with Gasteiger partial charge < -0.3 is 10.6 Å². The second-order valence-corrected chi connectivity index (χ2v) is 6.30. The zero-order chi connectivity index (χ0) is 19.9. The van der Waals surface area contributed by atoms with Crippen molar-refractivity contribution in [2.24, 2.45) is 0 Å². The number of nitrogens with one attached hydrogen (secondary N) is 2. The first-order valence-corrected chi connectivity index (χ1v) is 8.80. The van der Waals surface area contributed by atoms with Gasteiger partial charge in [0, 0.05) is 21.8 Å². The lowest BCUT2D eigenvalue weighted by Gasteiger charge is -2.11. The van der Waals surface area contributed by atoms with Crippen LogP contribution in [0.5, 0.6) is 0 Å². The normalized spacial score (nSPS) is 11.0. The highest BCUT2D eigenvalue weighted by molar-refractivity contribution is 6.30. The topological polar surface area (TPSA) is 58.2 Å². The summed E-state index contributed by atoms with van der Waals surface area (Å²) < 4.78 is 14.0. The van der Waals surface area contributed by atoms with Crippen molar-refractivity contribution >= 4 is 35.2 Å². The van der Waals surface area contributed by atoms with E-state index in [2.05, 4.69) is 10.6 Å².